The Morgan fingerprint density at radius 1 is 1.40 bits per heavy atom. The van der Waals surface area contributed by atoms with Crippen molar-refractivity contribution in [1.82, 2.24) is 19.8 Å². The van der Waals surface area contributed by atoms with E-state index in [4.69, 9.17) is 0 Å². The molecule has 0 saturated carbocycles. The van der Waals surface area contributed by atoms with Gasteiger partial charge in [-0.25, -0.2) is 4.98 Å². The molecule has 0 spiro atoms. The summed E-state index contributed by atoms with van der Waals surface area (Å²) in [6, 6.07) is 0.505. The Balaban J connectivity index is 1.99. The number of aromatic nitrogens is 2. The molecule has 0 radical (unpaired) electrons. The van der Waals surface area contributed by atoms with Crippen LogP contribution in [0.4, 0.5) is 0 Å². The van der Waals surface area contributed by atoms with Crippen molar-refractivity contribution in [3.05, 3.63) is 18.2 Å². The van der Waals surface area contributed by atoms with E-state index in [1.165, 1.54) is 5.69 Å². The Morgan fingerprint density at radius 3 is 2.80 bits per heavy atom. The molecule has 1 aromatic heterocycles. The molecule has 1 aromatic rings. The van der Waals surface area contributed by atoms with Gasteiger partial charge in [-0.3, -0.25) is 4.90 Å². The second-order valence-corrected chi connectivity index (χ2v) is 4.41. The molecule has 0 atom stereocenters. The first-order valence-corrected chi connectivity index (χ1v) is 5.71. The lowest BCUT2D eigenvalue weighted by Gasteiger charge is -2.27. The van der Waals surface area contributed by atoms with E-state index in [0.717, 1.165) is 32.7 Å². The average molecular weight is 208 g/mol. The summed E-state index contributed by atoms with van der Waals surface area (Å²) in [5, 5.41) is 3.37. The third-order valence-corrected chi connectivity index (χ3v) is 2.90. The fourth-order valence-electron chi connectivity index (χ4n) is 2.02. The zero-order chi connectivity index (χ0) is 10.7. The summed E-state index contributed by atoms with van der Waals surface area (Å²) in [5.74, 6) is 0. The van der Waals surface area contributed by atoms with Crippen molar-refractivity contribution in [3.63, 3.8) is 0 Å². The topological polar surface area (TPSA) is 33.1 Å². The van der Waals surface area contributed by atoms with E-state index in [-0.39, 0.29) is 0 Å². The summed E-state index contributed by atoms with van der Waals surface area (Å²) >= 11 is 0. The minimum atomic E-state index is 0.505. The third-order valence-electron chi connectivity index (χ3n) is 2.90. The molecule has 0 bridgehead atoms. The van der Waals surface area contributed by atoms with Crippen LogP contribution in [0.25, 0.3) is 0 Å². The molecule has 0 aromatic carbocycles. The van der Waals surface area contributed by atoms with Gasteiger partial charge in [-0.15, -0.1) is 0 Å². The number of nitrogens with zero attached hydrogens (tertiary/aromatic N) is 3. The lowest BCUT2D eigenvalue weighted by molar-refractivity contribution is 0.227. The second kappa shape index (κ2) is 4.77. The van der Waals surface area contributed by atoms with Gasteiger partial charge in [0.05, 0.1) is 12.0 Å². The van der Waals surface area contributed by atoms with Crippen molar-refractivity contribution in [2.75, 3.05) is 26.2 Å². The lowest BCUT2D eigenvalue weighted by Crippen LogP contribution is -2.43. The predicted molar refractivity (Wildman–Crippen MR) is 60.8 cm³/mol. The molecule has 2 heterocycles. The maximum Gasteiger partial charge on any atom is 0.0951 e. The molecule has 0 aliphatic carbocycles. The number of rotatable bonds is 3. The number of nitrogens with one attached hydrogen (secondary N) is 1. The Hall–Kier alpha value is -0.870. The van der Waals surface area contributed by atoms with Gasteiger partial charge >= 0.3 is 0 Å². The van der Waals surface area contributed by atoms with Gasteiger partial charge in [0, 0.05) is 45.0 Å². The van der Waals surface area contributed by atoms with Crippen LogP contribution in [-0.2, 0) is 6.54 Å². The summed E-state index contributed by atoms with van der Waals surface area (Å²) in [6.45, 7) is 9.92. The molecule has 1 fully saturated rings. The normalized spacial score (nSPS) is 18.6. The predicted octanol–water partition coefficient (Wildman–Crippen LogP) is 0.869. The molecule has 1 aliphatic rings. The van der Waals surface area contributed by atoms with Gasteiger partial charge in [-0.05, 0) is 13.8 Å². The van der Waals surface area contributed by atoms with Gasteiger partial charge in [0.15, 0.2) is 0 Å². The van der Waals surface area contributed by atoms with Gasteiger partial charge in [0.1, 0.15) is 0 Å². The largest absolute Gasteiger partial charge is 0.331 e. The van der Waals surface area contributed by atoms with E-state index in [2.05, 4.69) is 33.6 Å². The summed E-state index contributed by atoms with van der Waals surface area (Å²) in [4.78, 5) is 6.71. The zero-order valence-corrected chi connectivity index (χ0v) is 9.61. The van der Waals surface area contributed by atoms with Crippen molar-refractivity contribution < 1.29 is 0 Å². The highest BCUT2D eigenvalue weighted by molar-refractivity contribution is 5.00. The van der Waals surface area contributed by atoms with Crippen LogP contribution in [0.3, 0.4) is 0 Å². The Morgan fingerprint density at radius 2 is 2.13 bits per heavy atom. The molecule has 84 valence electrons. The summed E-state index contributed by atoms with van der Waals surface area (Å²) < 4.78 is 2.25. The number of piperazine rings is 1. The molecule has 4 heteroatoms. The average Bonchev–Trinajstić information content (AvgIpc) is 2.67. The van der Waals surface area contributed by atoms with Crippen molar-refractivity contribution >= 4 is 0 Å². The van der Waals surface area contributed by atoms with Gasteiger partial charge < -0.3 is 9.88 Å². The maximum absolute atomic E-state index is 4.23. The maximum atomic E-state index is 4.23. The van der Waals surface area contributed by atoms with E-state index in [1.54, 1.807) is 0 Å². The van der Waals surface area contributed by atoms with Crippen LogP contribution in [0.1, 0.15) is 25.6 Å². The highest BCUT2D eigenvalue weighted by Gasteiger charge is 2.13. The molecule has 2 rings (SSSR count). The Labute approximate surface area is 91.3 Å². The van der Waals surface area contributed by atoms with E-state index < -0.39 is 0 Å². The van der Waals surface area contributed by atoms with Crippen LogP contribution in [-0.4, -0.2) is 40.6 Å². The number of hydrogen-bond donors (Lipinski definition) is 1. The molecule has 0 amide bonds. The lowest BCUT2D eigenvalue weighted by atomic mass is 10.3. The van der Waals surface area contributed by atoms with Gasteiger partial charge in [0.2, 0.25) is 0 Å². The molecule has 15 heavy (non-hydrogen) atoms. The summed E-state index contributed by atoms with van der Waals surface area (Å²) in [5.41, 5.74) is 1.33. The Bertz CT molecular complexity index is 299. The minimum Gasteiger partial charge on any atom is -0.331 e. The van der Waals surface area contributed by atoms with E-state index in [9.17, 15) is 0 Å². The summed E-state index contributed by atoms with van der Waals surface area (Å²) in [7, 11) is 0. The van der Waals surface area contributed by atoms with Crippen LogP contribution in [0.5, 0.6) is 0 Å². The SMILES string of the molecule is CC(C)n1cncc1CN1CCNCC1. The second-order valence-electron chi connectivity index (χ2n) is 4.41. The number of hydrogen-bond acceptors (Lipinski definition) is 3. The van der Waals surface area contributed by atoms with E-state index in [1.807, 2.05) is 12.5 Å². The van der Waals surface area contributed by atoms with E-state index >= 15 is 0 Å². The fourth-order valence-corrected chi connectivity index (χ4v) is 2.02. The molecule has 4 nitrogen and oxygen atoms in total. The van der Waals surface area contributed by atoms with Crippen molar-refractivity contribution in [2.24, 2.45) is 0 Å². The monoisotopic (exact) mass is 208 g/mol. The van der Waals surface area contributed by atoms with Crippen LogP contribution >= 0.6 is 0 Å². The molecule has 1 saturated heterocycles. The van der Waals surface area contributed by atoms with Crippen molar-refractivity contribution in [2.45, 2.75) is 26.4 Å². The molecular formula is C11H20N4. The van der Waals surface area contributed by atoms with Crippen LogP contribution in [0, 0.1) is 0 Å². The number of imidazole rings is 1. The van der Waals surface area contributed by atoms with E-state index in [0.29, 0.717) is 6.04 Å². The Kier molecular flexibility index (Phi) is 3.38. The first-order valence-electron chi connectivity index (χ1n) is 5.71. The molecule has 1 N–H and O–H groups in total. The zero-order valence-electron chi connectivity index (χ0n) is 9.61. The third kappa shape index (κ3) is 2.58. The highest BCUT2D eigenvalue weighted by atomic mass is 15.2. The fraction of sp³-hybridized carbons (Fsp3) is 0.727. The molecule has 0 unspecified atom stereocenters. The van der Waals surface area contributed by atoms with Gasteiger partial charge in [-0.2, -0.15) is 0 Å². The van der Waals surface area contributed by atoms with Crippen LogP contribution < -0.4 is 5.32 Å². The van der Waals surface area contributed by atoms with Crippen LogP contribution in [0.2, 0.25) is 0 Å². The molecular weight excluding hydrogens is 188 g/mol. The van der Waals surface area contributed by atoms with Crippen molar-refractivity contribution in [1.29, 1.82) is 0 Å². The smallest absolute Gasteiger partial charge is 0.0951 e. The standard InChI is InChI=1S/C11H20N4/c1-10(2)15-9-13-7-11(15)8-14-5-3-12-4-6-14/h7,9-10,12H,3-6,8H2,1-2H3. The highest BCUT2D eigenvalue weighted by Crippen LogP contribution is 2.11. The summed E-state index contributed by atoms with van der Waals surface area (Å²) in [6.07, 6.45) is 3.92. The van der Waals surface area contributed by atoms with Gasteiger partial charge in [-0.1, -0.05) is 0 Å². The first-order chi connectivity index (χ1) is 7.27. The first kappa shape index (κ1) is 10.6. The van der Waals surface area contributed by atoms with Gasteiger partial charge in [0.25, 0.3) is 0 Å². The molecule has 1 aliphatic heterocycles. The quantitative estimate of drug-likeness (QED) is 0.800. The van der Waals surface area contributed by atoms with Crippen LogP contribution in [0.15, 0.2) is 12.5 Å². The minimum absolute atomic E-state index is 0.505. The van der Waals surface area contributed by atoms with Crippen molar-refractivity contribution in [3.8, 4) is 0 Å².